The van der Waals surface area contributed by atoms with E-state index in [1.807, 2.05) is 0 Å². The largest absolute Gasteiger partial charge is 0.393 e. The van der Waals surface area contributed by atoms with Gasteiger partial charge in [-0.2, -0.15) is 0 Å². The number of carbonyl (C=O) groups is 1. The number of hydrogen-bond donors (Lipinski definition) is 3. The maximum absolute atomic E-state index is 12.0. The molecule has 0 bridgehead atoms. The predicted molar refractivity (Wildman–Crippen MR) is 62.6 cm³/mol. The van der Waals surface area contributed by atoms with Gasteiger partial charge in [-0.1, -0.05) is 0 Å². The maximum Gasteiger partial charge on any atom is 0.239 e. The minimum absolute atomic E-state index is 0.00189. The van der Waals surface area contributed by atoms with E-state index in [4.69, 9.17) is 9.84 Å². The highest BCUT2D eigenvalue weighted by atomic mass is 16.5. The van der Waals surface area contributed by atoms with Crippen molar-refractivity contribution < 1.29 is 19.7 Å². The fourth-order valence-electron chi connectivity index (χ4n) is 1.57. The molecule has 1 rings (SSSR count). The number of carbonyl (C=O) groups excluding carboxylic acids is 1. The van der Waals surface area contributed by atoms with Crippen molar-refractivity contribution in [1.29, 1.82) is 0 Å². The van der Waals surface area contributed by atoms with Gasteiger partial charge in [0.1, 0.15) is 0 Å². The quantitative estimate of drug-likeness (QED) is 0.554. The summed E-state index contributed by atoms with van der Waals surface area (Å²) in [6, 6.07) is -0.369. The van der Waals surface area contributed by atoms with Crippen LogP contribution in [0.25, 0.3) is 0 Å². The first kappa shape index (κ1) is 14.4. The zero-order valence-corrected chi connectivity index (χ0v) is 10.5. The van der Waals surface area contributed by atoms with Crippen molar-refractivity contribution in [3.05, 3.63) is 0 Å². The molecule has 6 heteroatoms. The third-order valence-corrected chi connectivity index (χ3v) is 2.82. The molecule has 1 saturated heterocycles. The van der Waals surface area contributed by atoms with Gasteiger partial charge >= 0.3 is 0 Å². The van der Waals surface area contributed by atoms with E-state index in [2.05, 4.69) is 5.32 Å². The van der Waals surface area contributed by atoms with Crippen molar-refractivity contribution in [3.8, 4) is 0 Å². The highest BCUT2D eigenvalue weighted by Gasteiger charge is 2.25. The second-order valence-corrected chi connectivity index (χ2v) is 4.70. The molecule has 17 heavy (non-hydrogen) atoms. The van der Waals surface area contributed by atoms with Crippen molar-refractivity contribution in [3.63, 3.8) is 0 Å². The first-order valence-electron chi connectivity index (χ1n) is 5.89. The van der Waals surface area contributed by atoms with Crippen LogP contribution in [0.5, 0.6) is 0 Å². The molecule has 2 atom stereocenters. The predicted octanol–water partition coefficient (Wildman–Crippen LogP) is -1.43. The molecule has 0 aromatic rings. The topological polar surface area (TPSA) is 82.0 Å². The molecule has 1 amide bonds. The van der Waals surface area contributed by atoms with Crippen molar-refractivity contribution in [2.24, 2.45) is 0 Å². The lowest BCUT2D eigenvalue weighted by atomic mass is 10.1. The van der Waals surface area contributed by atoms with E-state index in [1.54, 1.807) is 11.8 Å². The molecule has 1 heterocycles. The number of amides is 1. The van der Waals surface area contributed by atoms with Gasteiger partial charge < -0.3 is 25.2 Å². The van der Waals surface area contributed by atoms with Crippen LogP contribution in [0.2, 0.25) is 0 Å². The van der Waals surface area contributed by atoms with Gasteiger partial charge in [-0.15, -0.1) is 0 Å². The van der Waals surface area contributed by atoms with E-state index < -0.39 is 5.60 Å². The van der Waals surface area contributed by atoms with E-state index in [-0.39, 0.29) is 25.1 Å². The lowest BCUT2D eigenvalue weighted by Crippen LogP contribution is -2.52. The summed E-state index contributed by atoms with van der Waals surface area (Å²) in [4.78, 5) is 13.7. The Morgan fingerprint density at radius 2 is 2.12 bits per heavy atom. The summed E-state index contributed by atoms with van der Waals surface area (Å²) in [7, 11) is 0. The van der Waals surface area contributed by atoms with Crippen LogP contribution in [-0.2, 0) is 9.53 Å². The molecule has 1 aliphatic heterocycles. The van der Waals surface area contributed by atoms with Crippen molar-refractivity contribution >= 4 is 5.91 Å². The Kier molecular flexibility index (Phi) is 5.32. The Labute approximate surface area is 102 Å². The number of aliphatic hydroxyl groups excluding tert-OH is 1. The molecule has 6 nitrogen and oxygen atoms in total. The second kappa shape index (κ2) is 6.30. The summed E-state index contributed by atoms with van der Waals surface area (Å²) in [5.74, 6) is 0.00189. The van der Waals surface area contributed by atoms with Crippen LogP contribution in [0.3, 0.4) is 0 Å². The number of aliphatic hydroxyl groups is 2. The summed E-state index contributed by atoms with van der Waals surface area (Å²) in [6.07, 6.45) is 0. The monoisotopic (exact) mass is 246 g/mol. The second-order valence-electron chi connectivity index (χ2n) is 4.70. The maximum atomic E-state index is 12.0. The van der Waals surface area contributed by atoms with Crippen LogP contribution >= 0.6 is 0 Å². The van der Waals surface area contributed by atoms with Gasteiger partial charge in [-0.3, -0.25) is 4.79 Å². The molecule has 0 aromatic heterocycles. The molecule has 100 valence electrons. The van der Waals surface area contributed by atoms with Crippen LogP contribution in [0, 0.1) is 0 Å². The van der Waals surface area contributed by atoms with E-state index in [0.29, 0.717) is 26.3 Å². The van der Waals surface area contributed by atoms with Crippen LogP contribution in [0.1, 0.15) is 13.8 Å². The van der Waals surface area contributed by atoms with Crippen LogP contribution < -0.4 is 5.32 Å². The highest BCUT2D eigenvalue weighted by molar-refractivity contribution is 5.81. The standard InChI is InChI=1S/C11H22N2O4/c1-9(12-7-11(2,16)8-14)10(15)13-3-5-17-6-4-13/h9,12,14,16H,3-8H2,1-2H3. The Morgan fingerprint density at radius 3 is 2.65 bits per heavy atom. The number of morpholine rings is 1. The minimum atomic E-state index is -1.19. The van der Waals surface area contributed by atoms with Gasteiger partial charge in [-0.05, 0) is 13.8 Å². The van der Waals surface area contributed by atoms with Crippen LogP contribution in [0.4, 0.5) is 0 Å². The zero-order chi connectivity index (χ0) is 12.9. The lowest BCUT2D eigenvalue weighted by molar-refractivity contribution is -0.137. The summed E-state index contributed by atoms with van der Waals surface area (Å²) in [6.45, 7) is 5.50. The zero-order valence-electron chi connectivity index (χ0n) is 10.5. The number of nitrogens with zero attached hydrogens (tertiary/aromatic N) is 1. The third kappa shape index (κ3) is 4.59. The molecule has 2 unspecified atom stereocenters. The molecule has 1 aliphatic rings. The van der Waals surface area contributed by atoms with Crippen molar-refractivity contribution in [1.82, 2.24) is 10.2 Å². The Morgan fingerprint density at radius 1 is 1.53 bits per heavy atom. The van der Waals surface area contributed by atoms with Gasteiger partial charge in [0, 0.05) is 19.6 Å². The highest BCUT2D eigenvalue weighted by Crippen LogP contribution is 2.03. The molecular formula is C11H22N2O4. The van der Waals surface area contributed by atoms with Crippen LogP contribution in [0.15, 0.2) is 0 Å². The molecule has 0 radical (unpaired) electrons. The van der Waals surface area contributed by atoms with Gasteiger partial charge in [0.15, 0.2) is 0 Å². The summed E-state index contributed by atoms with van der Waals surface area (Å²) in [5.41, 5.74) is -1.19. The molecule has 0 aliphatic carbocycles. The third-order valence-electron chi connectivity index (χ3n) is 2.82. The van der Waals surface area contributed by atoms with Gasteiger partial charge in [0.25, 0.3) is 0 Å². The van der Waals surface area contributed by atoms with E-state index >= 15 is 0 Å². The van der Waals surface area contributed by atoms with E-state index in [0.717, 1.165) is 0 Å². The first-order chi connectivity index (χ1) is 7.96. The average Bonchev–Trinajstić information content (AvgIpc) is 2.36. The number of rotatable bonds is 5. The Bertz CT molecular complexity index is 252. The average molecular weight is 246 g/mol. The summed E-state index contributed by atoms with van der Waals surface area (Å²) < 4.78 is 5.17. The first-order valence-corrected chi connectivity index (χ1v) is 5.89. The Hall–Kier alpha value is -0.690. The number of hydrogen-bond acceptors (Lipinski definition) is 5. The van der Waals surface area contributed by atoms with E-state index in [9.17, 15) is 9.90 Å². The fourth-order valence-corrected chi connectivity index (χ4v) is 1.57. The molecule has 0 saturated carbocycles. The SMILES string of the molecule is CC(NCC(C)(O)CO)C(=O)N1CCOCC1. The van der Waals surface area contributed by atoms with E-state index in [1.165, 1.54) is 6.92 Å². The Balaban J connectivity index is 2.36. The van der Waals surface area contributed by atoms with Crippen molar-refractivity contribution in [2.75, 3.05) is 39.5 Å². The summed E-state index contributed by atoms with van der Waals surface area (Å²) >= 11 is 0. The number of ether oxygens (including phenoxy) is 1. The summed E-state index contributed by atoms with van der Waals surface area (Å²) in [5, 5.41) is 21.4. The molecule has 0 aromatic carbocycles. The van der Waals surface area contributed by atoms with Gasteiger partial charge in [-0.25, -0.2) is 0 Å². The van der Waals surface area contributed by atoms with Crippen molar-refractivity contribution in [2.45, 2.75) is 25.5 Å². The number of nitrogens with one attached hydrogen (secondary N) is 1. The molecular weight excluding hydrogens is 224 g/mol. The fraction of sp³-hybridized carbons (Fsp3) is 0.909. The minimum Gasteiger partial charge on any atom is -0.393 e. The molecule has 1 fully saturated rings. The smallest absolute Gasteiger partial charge is 0.239 e. The molecule has 0 spiro atoms. The lowest BCUT2D eigenvalue weighted by Gasteiger charge is -2.30. The van der Waals surface area contributed by atoms with Crippen LogP contribution in [-0.4, -0.2) is 72.1 Å². The molecule has 3 N–H and O–H groups in total. The normalized spacial score (nSPS) is 22.0. The van der Waals surface area contributed by atoms with Gasteiger partial charge in [0.2, 0.25) is 5.91 Å². The van der Waals surface area contributed by atoms with Gasteiger partial charge in [0.05, 0.1) is 31.5 Å².